The monoisotopic (exact) mass is 281 g/mol. The number of rotatable bonds is 3. The quantitative estimate of drug-likeness (QED) is 0.794. The number of hydrogen-bond acceptors (Lipinski definition) is 5. The summed E-state index contributed by atoms with van der Waals surface area (Å²) < 4.78 is 5.49. The van der Waals surface area contributed by atoms with E-state index < -0.39 is 5.97 Å². The van der Waals surface area contributed by atoms with Gasteiger partial charge in [-0.1, -0.05) is 18.2 Å². The average Bonchev–Trinajstić information content (AvgIpc) is 2.46. The van der Waals surface area contributed by atoms with E-state index in [1.54, 1.807) is 43.5 Å². The predicted octanol–water partition coefficient (Wildman–Crippen LogP) is 2.82. The van der Waals surface area contributed by atoms with E-state index in [4.69, 9.17) is 4.74 Å². The Bertz CT molecular complexity index is 833. The zero-order valence-corrected chi connectivity index (χ0v) is 11.1. The molecule has 2 heterocycles. The molecule has 0 radical (unpaired) electrons. The molecule has 2 aromatic heterocycles. The number of fused-ring (bicyclic) bond motifs is 1. The molecule has 6 nitrogen and oxygen atoms in total. The third-order valence-corrected chi connectivity index (χ3v) is 2.93. The van der Waals surface area contributed by atoms with Crippen LogP contribution < -0.4 is 4.74 Å². The van der Waals surface area contributed by atoms with Gasteiger partial charge in [0.25, 0.3) is 0 Å². The van der Waals surface area contributed by atoms with Crippen LogP contribution >= 0.6 is 0 Å². The van der Waals surface area contributed by atoms with Gasteiger partial charge in [0.2, 0.25) is 0 Å². The molecule has 104 valence electrons. The second-order valence-corrected chi connectivity index (χ2v) is 4.40. The van der Waals surface area contributed by atoms with Gasteiger partial charge in [-0.15, -0.1) is 0 Å². The predicted molar refractivity (Wildman–Crippen MR) is 75.5 cm³/mol. The molecule has 0 aliphatic heterocycles. The van der Waals surface area contributed by atoms with E-state index in [1.165, 1.54) is 6.20 Å². The molecule has 6 heteroatoms. The summed E-state index contributed by atoms with van der Waals surface area (Å²) in [5, 5.41) is 9.96. The van der Waals surface area contributed by atoms with Gasteiger partial charge in [0.05, 0.1) is 11.7 Å². The summed E-state index contributed by atoms with van der Waals surface area (Å²) in [4.78, 5) is 23.8. The van der Waals surface area contributed by atoms with E-state index >= 15 is 0 Å². The molecule has 0 atom stereocenters. The Hall–Kier alpha value is -3.02. The minimum atomic E-state index is -1.09. The van der Waals surface area contributed by atoms with Gasteiger partial charge in [0.15, 0.2) is 5.75 Å². The maximum absolute atomic E-state index is 11.5. The Kier molecular flexibility index (Phi) is 3.19. The van der Waals surface area contributed by atoms with Crippen LogP contribution in [0.5, 0.6) is 11.8 Å². The van der Waals surface area contributed by atoms with E-state index in [2.05, 4.69) is 15.0 Å². The highest BCUT2D eigenvalue weighted by Gasteiger charge is 2.18. The van der Waals surface area contributed by atoms with Gasteiger partial charge >= 0.3 is 12.0 Å². The van der Waals surface area contributed by atoms with Crippen molar-refractivity contribution in [2.24, 2.45) is 0 Å². The van der Waals surface area contributed by atoms with Gasteiger partial charge < -0.3 is 9.84 Å². The van der Waals surface area contributed by atoms with Crippen LogP contribution in [0.1, 0.15) is 16.1 Å². The Balaban J connectivity index is 2.14. The van der Waals surface area contributed by atoms with Crippen molar-refractivity contribution < 1.29 is 14.6 Å². The highest BCUT2D eigenvalue weighted by molar-refractivity contribution is 6.04. The first kappa shape index (κ1) is 13.0. The number of aromatic nitrogens is 3. The van der Waals surface area contributed by atoms with Crippen LogP contribution in [0.15, 0.2) is 42.7 Å². The van der Waals surface area contributed by atoms with Crippen LogP contribution in [-0.4, -0.2) is 26.0 Å². The Morgan fingerprint density at radius 2 is 2.00 bits per heavy atom. The van der Waals surface area contributed by atoms with Gasteiger partial charge in [-0.05, 0) is 19.1 Å². The molecule has 0 fully saturated rings. The molecule has 3 rings (SSSR count). The molecule has 0 aliphatic rings. The van der Waals surface area contributed by atoms with Crippen molar-refractivity contribution in [3.8, 4) is 11.8 Å². The Labute approximate surface area is 120 Å². The summed E-state index contributed by atoms with van der Waals surface area (Å²) in [7, 11) is 0. The molecule has 3 aromatic rings. The van der Waals surface area contributed by atoms with Crippen LogP contribution in [0.25, 0.3) is 10.9 Å². The number of carboxylic acids is 1. The molecule has 0 amide bonds. The largest absolute Gasteiger partial charge is 0.478 e. The summed E-state index contributed by atoms with van der Waals surface area (Å²) in [6.07, 6.45) is 2.92. The molecular weight excluding hydrogens is 270 g/mol. The van der Waals surface area contributed by atoms with Crippen molar-refractivity contribution in [2.75, 3.05) is 0 Å². The van der Waals surface area contributed by atoms with E-state index in [-0.39, 0.29) is 17.3 Å². The van der Waals surface area contributed by atoms with Gasteiger partial charge in [0.1, 0.15) is 5.56 Å². The van der Waals surface area contributed by atoms with Crippen molar-refractivity contribution in [3.63, 3.8) is 0 Å². The zero-order valence-electron chi connectivity index (χ0n) is 11.1. The summed E-state index contributed by atoms with van der Waals surface area (Å²) in [5.41, 5.74) is 1.36. The van der Waals surface area contributed by atoms with E-state index in [1.807, 2.05) is 0 Å². The van der Waals surface area contributed by atoms with Crippen LogP contribution in [0, 0.1) is 6.92 Å². The number of carboxylic acid groups (broad SMARTS) is 1. The number of para-hydroxylation sites is 1. The Morgan fingerprint density at radius 1 is 1.19 bits per heavy atom. The number of aryl methyl sites for hydroxylation is 1. The average molecular weight is 281 g/mol. The first-order valence-electron chi connectivity index (χ1n) is 6.23. The van der Waals surface area contributed by atoms with Crippen molar-refractivity contribution in [1.29, 1.82) is 0 Å². The SMILES string of the molecule is Cc1ccnc(Oc2cnc3ccccc3c2C(=O)O)n1. The fourth-order valence-electron chi connectivity index (χ4n) is 1.99. The molecule has 0 saturated carbocycles. The first-order valence-corrected chi connectivity index (χ1v) is 6.23. The Morgan fingerprint density at radius 3 is 2.76 bits per heavy atom. The van der Waals surface area contributed by atoms with Gasteiger partial charge in [-0.3, -0.25) is 4.98 Å². The van der Waals surface area contributed by atoms with Crippen LogP contribution in [0.4, 0.5) is 0 Å². The van der Waals surface area contributed by atoms with E-state index in [0.717, 1.165) is 5.69 Å². The second-order valence-electron chi connectivity index (χ2n) is 4.40. The molecule has 0 spiro atoms. The standard InChI is InChI=1S/C15H11N3O3/c1-9-6-7-16-15(18-9)21-12-8-17-11-5-3-2-4-10(11)13(12)14(19)20/h2-8H,1H3,(H,19,20). The van der Waals surface area contributed by atoms with Gasteiger partial charge in [0, 0.05) is 17.3 Å². The number of pyridine rings is 1. The molecule has 0 unspecified atom stereocenters. The molecular formula is C15H11N3O3. The fraction of sp³-hybridized carbons (Fsp3) is 0.0667. The molecule has 1 aromatic carbocycles. The number of nitrogens with zero attached hydrogens (tertiary/aromatic N) is 3. The van der Waals surface area contributed by atoms with Gasteiger partial charge in [-0.2, -0.15) is 0 Å². The lowest BCUT2D eigenvalue weighted by molar-refractivity contribution is 0.0696. The van der Waals surface area contributed by atoms with Crippen LogP contribution in [0.3, 0.4) is 0 Å². The van der Waals surface area contributed by atoms with Crippen molar-refractivity contribution in [1.82, 2.24) is 15.0 Å². The van der Waals surface area contributed by atoms with Crippen LogP contribution in [-0.2, 0) is 0 Å². The second kappa shape index (κ2) is 5.16. The number of carbonyl (C=O) groups is 1. The summed E-state index contributed by atoms with van der Waals surface area (Å²) in [5.74, 6) is -0.969. The first-order chi connectivity index (χ1) is 10.1. The summed E-state index contributed by atoms with van der Waals surface area (Å²) in [6, 6.07) is 8.80. The molecule has 21 heavy (non-hydrogen) atoms. The lowest BCUT2D eigenvalue weighted by Gasteiger charge is -2.09. The maximum Gasteiger partial charge on any atom is 0.340 e. The van der Waals surface area contributed by atoms with Crippen molar-refractivity contribution in [2.45, 2.75) is 6.92 Å². The molecule has 1 N–H and O–H groups in total. The van der Waals surface area contributed by atoms with Gasteiger partial charge in [-0.25, -0.2) is 14.8 Å². The topological polar surface area (TPSA) is 85.2 Å². The fourth-order valence-corrected chi connectivity index (χ4v) is 1.99. The minimum absolute atomic E-state index is 0.0470. The van der Waals surface area contributed by atoms with Crippen molar-refractivity contribution in [3.05, 3.63) is 54.0 Å². The number of aromatic carboxylic acids is 1. The minimum Gasteiger partial charge on any atom is -0.478 e. The summed E-state index contributed by atoms with van der Waals surface area (Å²) in [6.45, 7) is 1.80. The summed E-state index contributed by atoms with van der Waals surface area (Å²) >= 11 is 0. The number of ether oxygens (including phenoxy) is 1. The molecule has 0 aliphatic carbocycles. The number of benzene rings is 1. The third-order valence-electron chi connectivity index (χ3n) is 2.93. The van der Waals surface area contributed by atoms with E-state index in [9.17, 15) is 9.90 Å². The van der Waals surface area contributed by atoms with Crippen LogP contribution in [0.2, 0.25) is 0 Å². The maximum atomic E-state index is 11.5. The third kappa shape index (κ3) is 2.51. The molecule has 0 bridgehead atoms. The normalized spacial score (nSPS) is 10.5. The van der Waals surface area contributed by atoms with Crippen molar-refractivity contribution >= 4 is 16.9 Å². The lowest BCUT2D eigenvalue weighted by Crippen LogP contribution is -2.04. The van der Waals surface area contributed by atoms with E-state index in [0.29, 0.717) is 10.9 Å². The highest BCUT2D eigenvalue weighted by Crippen LogP contribution is 2.28. The lowest BCUT2D eigenvalue weighted by atomic mass is 10.1. The number of hydrogen-bond donors (Lipinski definition) is 1. The zero-order chi connectivity index (χ0) is 14.8. The molecule has 0 saturated heterocycles. The highest BCUT2D eigenvalue weighted by atomic mass is 16.5. The smallest absolute Gasteiger partial charge is 0.340 e.